The molecule has 2 aliphatic carbocycles. The first-order valence-corrected chi connectivity index (χ1v) is 9.63. The first-order chi connectivity index (χ1) is 11.3. The van der Waals surface area contributed by atoms with Crippen LogP contribution in [-0.4, -0.2) is 61.0 Å². The number of aliphatic imine (C=N–C) groups is 1. The molecule has 2 saturated carbocycles. The molecular formula is C18H34BrN3O2. The topological polar surface area (TPSA) is 57.1 Å². The number of piperidine rings is 1. The summed E-state index contributed by atoms with van der Waals surface area (Å²) in [6, 6.07) is 0.597. The fourth-order valence-corrected chi connectivity index (χ4v) is 3.69. The van der Waals surface area contributed by atoms with Crippen molar-refractivity contribution in [2.75, 3.05) is 32.8 Å². The Morgan fingerprint density at radius 2 is 1.75 bits per heavy atom. The lowest BCUT2D eigenvalue weighted by Gasteiger charge is -2.36. The predicted octanol–water partition coefficient (Wildman–Crippen LogP) is 2.73. The summed E-state index contributed by atoms with van der Waals surface area (Å²) in [5.74, 6) is 1.82. The first-order valence-electron chi connectivity index (χ1n) is 9.63. The van der Waals surface area contributed by atoms with Crippen molar-refractivity contribution in [2.45, 2.75) is 69.9 Å². The summed E-state index contributed by atoms with van der Waals surface area (Å²) in [6.07, 6.45) is 10.8. The van der Waals surface area contributed by atoms with Crippen LogP contribution in [0.2, 0.25) is 0 Å². The van der Waals surface area contributed by atoms with Crippen molar-refractivity contribution < 1.29 is 9.84 Å². The molecule has 0 atom stereocenters. The van der Waals surface area contributed by atoms with Gasteiger partial charge in [0.2, 0.25) is 0 Å². The van der Waals surface area contributed by atoms with E-state index in [0.29, 0.717) is 6.04 Å². The van der Waals surface area contributed by atoms with Crippen LogP contribution in [0.3, 0.4) is 0 Å². The van der Waals surface area contributed by atoms with Gasteiger partial charge in [-0.3, -0.25) is 4.99 Å². The number of nitrogens with one attached hydrogen (secondary N) is 1. The van der Waals surface area contributed by atoms with Crippen LogP contribution >= 0.6 is 17.0 Å². The van der Waals surface area contributed by atoms with E-state index in [1.165, 1.54) is 44.9 Å². The molecule has 0 spiro atoms. The van der Waals surface area contributed by atoms with Gasteiger partial charge in [0.05, 0.1) is 19.3 Å². The van der Waals surface area contributed by atoms with Crippen LogP contribution < -0.4 is 5.32 Å². The molecule has 3 aliphatic rings. The fraction of sp³-hybridized carbons (Fsp3) is 0.944. The van der Waals surface area contributed by atoms with Gasteiger partial charge in [0.25, 0.3) is 0 Å². The number of aliphatic hydroxyl groups is 1. The van der Waals surface area contributed by atoms with Gasteiger partial charge in [0, 0.05) is 25.7 Å². The predicted molar refractivity (Wildman–Crippen MR) is 103 cm³/mol. The molecular weight excluding hydrogens is 370 g/mol. The van der Waals surface area contributed by atoms with Gasteiger partial charge in [0.15, 0.2) is 5.96 Å². The van der Waals surface area contributed by atoms with Crippen molar-refractivity contribution in [1.82, 2.24) is 10.2 Å². The van der Waals surface area contributed by atoms with E-state index < -0.39 is 0 Å². The third kappa shape index (κ3) is 6.19. The second kappa shape index (κ2) is 10.6. The van der Waals surface area contributed by atoms with Gasteiger partial charge in [-0.05, 0) is 50.9 Å². The zero-order valence-corrected chi connectivity index (χ0v) is 16.5. The lowest BCUT2D eigenvalue weighted by Crippen LogP contribution is -2.51. The molecule has 0 amide bonds. The van der Waals surface area contributed by atoms with E-state index >= 15 is 0 Å². The van der Waals surface area contributed by atoms with E-state index in [4.69, 9.17) is 9.73 Å². The van der Waals surface area contributed by atoms with Gasteiger partial charge in [-0.15, -0.1) is 17.0 Å². The number of hydrogen-bond donors (Lipinski definition) is 2. The Morgan fingerprint density at radius 1 is 1.04 bits per heavy atom. The maximum atomic E-state index is 9.69. The van der Waals surface area contributed by atoms with Crippen molar-refractivity contribution in [2.24, 2.45) is 10.9 Å². The molecule has 0 radical (unpaired) electrons. The molecule has 6 heteroatoms. The highest BCUT2D eigenvalue weighted by Gasteiger charge is 2.24. The number of hydrogen-bond acceptors (Lipinski definition) is 3. The summed E-state index contributed by atoms with van der Waals surface area (Å²) >= 11 is 0. The number of aliphatic hydroxyl groups excluding tert-OH is 1. The van der Waals surface area contributed by atoms with Crippen LogP contribution in [0.15, 0.2) is 4.99 Å². The second-order valence-electron chi connectivity index (χ2n) is 7.42. The lowest BCUT2D eigenvalue weighted by atomic mass is 9.93. The molecule has 24 heavy (non-hydrogen) atoms. The number of likely N-dealkylation sites (tertiary alicyclic amines) is 1. The molecule has 2 N–H and O–H groups in total. The standard InChI is InChI=1S/C18H33N3O2.BrH/c22-17-8-11-21(12-9-17)18(20-16-6-3-7-16)19-10-13-23-14-15-4-1-2-5-15;/h15-17,22H,1-14H2,(H,19,20);1H. The van der Waals surface area contributed by atoms with Crippen molar-refractivity contribution in [1.29, 1.82) is 0 Å². The van der Waals surface area contributed by atoms with Crippen molar-refractivity contribution in [3.8, 4) is 0 Å². The Hall–Kier alpha value is -0.330. The number of ether oxygens (including phenoxy) is 1. The number of rotatable bonds is 6. The van der Waals surface area contributed by atoms with E-state index in [0.717, 1.165) is 57.6 Å². The molecule has 0 unspecified atom stereocenters. The molecule has 0 aromatic rings. The first kappa shape index (κ1) is 20.0. The fourth-order valence-electron chi connectivity index (χ4n) is 3.69. The van der Waals surface area contributed by atoms with Crippen LogP contribution in [0.1, 0.15) is 57.8 Å². The lowest BCUT2D eigenvalue weighted by molar-refractivity contribution is 0.103. The number of guanidine groups is 1. The van der Waals surface area contributed by atoms with E-state index in [1.54, 1.807) is 0 Å². The monoisotopic (exact) mass is 403 g/mol. The summed E-state index contributed by atoms with van der Waals surface area (Å²) in [6.45, 7) is 4.19. The summed E-state index contributed by atoms with van der Waals surface area (Å²) < 4.78 is 5.82. The second-order valence-corrected chi connectivity index (χ2v) is 7.42. The average molecular weight is 404 g/mol. The maximum absolute atomic E-state index is 9.69. The van der Waals surface area contributed by atoms with Crippen LogP contribution in [0.25, 0.3) is 0 Å². The molecule has 1 saturated heterocycles. The Labute approximate surface area is 157 Å². The summed E-state index contributed by atoms with van der Waals surface area (Å²) in [5, 5.41) is 13.3. The molecule has 140 valence electrons. The quantitative estimate of drug-likeness (QED) is 0.406. The molecule has 0 bridgehead atoms. The Balaban J connectivity index is 0.00000208. The maximum Gasteiger partial charge on any atom is 0.194 e. The van der Waals surface area contributed by atoms with Crippen LogP contribution in [-0.2, 0) is 4.74 Å². The zero-order valence-electron chi connectivity index (χ0n) is 14.8. The van der Waals surface area contributed by atoms with Gasteiger partial charge in [-0.1, -0.05) is 12.8 Å². The largest absolute Gasteiger partial charge is 0.393 e. The Kier molecular flexibility index (Phi) is 8.84. The van der Waals surface area contributed by atoms with Crippen molar-refractivity contribution >= 4 is 22.9 Å². The Morgan fingerprint density at radius 3 is 2.38 bits per heavy atom. The highest BCUT2D eigenvalue weighted by Crippen LogP contribution is 2.24. The molecule has 3 rings (SSSR count). The molecule has 0 aromatic carbocycles. The van der Waals surface area contributed by atoms with Crippen LogP contribution in [0, 0.1) is 5.92 Å². The van der Waals surface area contributed by atoms with Gasteiger partial charge in [-0.25, -0.2) is 0 Å². The molecule has 5 nitrogen and oxygen atoms in total. The van der Waals surface area contributed by atoms with E-state index in [2.05, 4.69) is 10.2 Å². The average Bonchev–Trinajstić information content (AvgIpc) is 3.02. The van der Waals surface area contributed by atoms with Crippen LogP contribution in [0.5, 0.6) is 0 Å². The highest BCUT2D eigenvalue weighted by molar-refractivity contribution is 8.93. The van der Waals surface area contributed by atoms with E-state index in [-0.39, 0.29) is 23.1 Å². The van der Waals surface area contributed by atoms with E-state index in [1.807, 2.05) is 0 Å². The summed E-state index contributed by atoms with van der Waals surface area (Å²) in [5.41, 5.74) is 0. The van der Waals surface area contributed by atoms with Crippen LogP contribution in [0.4, 0.5) is 0 Å². The van der Waals surface area contributed by atoms with Gasteiger partial charge < -0.3 is 20.1 Å². The minimum atomic E-state index is -0.133. The SMILES string of the molecule is Br.OC1CCN(C(=NCCOCC2CCCC2)NC2CCC2)CC1. The third-order valence-corrected chi connectivity index (χ3v) is 5.53. The summed E-state index contributed by atoms with van der Waals surface area (Å²) in [4.78, 5) is 7.09. The van der Waals surface area contributed by atoms with Crippen molar-refractivity contribution in [3.63, 3.8) is 0 Å². The van der Waals surface area contributed by atoms with Gasteiger partial charge in [0.1, 0.15) is 0 Å². The molecule has 1 aliphatic heterocycles. The zero-order chi connectivity index (χ0) is 15.9. The van der Waals surface area contributed by atoms with E-state index in [9.17, 15) is 5.11 Å². The molecule has 1 heterocycles. The number of nitrogens with zero attached hydrogens (tertiary/aromatic N) is 2. The third-order valence-electron chi connectivity index (χ3n) is 5.53. The Bertz CT molecular complexity index is 376. The van der Waals surface area contributed by atoms with Gasteiger partial charge in [-0.2, -0.15) is 0 Å². The smallest absolute Gasteiger partial charge is 0.194 e. The molecule has 0 aromatic heterocycles. The highest BCUT2D eigenvalue weighted by atomic mass is 79.9. The minimum Gasteiger partial charge on any atom is -0.393 e. The minimum absolute atomic E-state index is 0. The number of halogens is 1. The summed E-state index contributed by atoms with van der Waals surface area (Å²) in [7, 11) is 0. The van der Waals surface area contributed by atoms with Crippen molar-refractivity contribution in [3.05, 3.63) is 0 Å². The normalized spacial score (nSPS) is 23.9. The molecule has 3 fully saturated rings. The van der Waals surface area contributed by atoms with Gasteiger partial charge >= 0.3 is 0 Å².